The van der Waals surface area contributed by atoms with Gasteiger partial charge in [0.1, 0.15) is 11.3 Å². The van der Waals surface area contributed by atoms with Gasteiger partial charge in [-0.3, -0.25) is 15.3 Å². The van der Waals surface area contributed by atoms with E-state index < -0.39 is 0 Å². The molecule has 37 heavy (non-hydrogen) atoms. The van der Waals surface area contributed by atoms with E-state index in [2.05, 4.69) is 63.9 Å². The van der Waals surface area contributed by atoms with Gasteiger partial charge in [-0.2, -0.15) is 0 Å². The number of nitrogens with two attached hydrogens (primary N) is 2. The van der Waals surface area contributed by atoms with E-state index in [1.807, 2.05) is 36.2 Å². The first-order valence-electron chi connectivity index (χ1n) is 12.8. The van der Waals surface area contributed by atoms with Crippen molar-refractivity contribution in [3.05, 3.63) is 84.2 Å². The summed E-state index contributed by atoms with van der Waals surface area (Å²) in [6.07, 6.45) is 9.01. The molecule has 190 valence electrons. The number of pyridine rings is 2. The second-order valence-electron chi connectivity index (χ2n) is 9.28. The quantitative estimate of drug-likeness (QED) is 0.289. The summed E-state index contributed by atoms with van der Waals surface area (Å²) in [5.41, 5.74) is 12.9. The van der Waals surface area contributed by atoms with Gasteiger partial charge in [-0.1, -0.05) is 37.3 Å². The molecule has 5 rings (SSSR count). The highest BCUT2D eigenvalue weighted by Crippen LogP contribution is 2.31. The fourth-order valence-corrected chi connectivity index (χ4v) is 4.65. The summed E-state index contributed by atoms with van der Waals surface area (Å²) in [5.74, 6) is 7.08. The predicted octanol–water partition coefficient (Wildman–Crippen LogP) is 4.43. The molecular formula is C29H34N8. The Morgan fingerprint density at radius 2 is 1.78 bits per heavy atom. The molecule has 0 bridgehead atoms. The van der Waals surface area contributed by atoms with Crippen molar-refractivity contribution in [3.63, 3.8) is 0 Å². The number of anilines is 1. The topological polar surface area (TPSA) is 102 Å². The number of imidazole rings is 1. The summed E-state index contributed by atoms with van der Waals surface area (Å²) in [5, 5.41) is 1.88. The van der Waals surface area contributed by atoms with Gasteiger partial charge in [0.05, 0.1) is 11.3 Å². The maximum absolute atomic E-state index is 6.29. The average molecular weight is 495 g/mol. The molecule has 0 amide bonds. The maximum atomic E-state index is 6.29. The van der Waals surface area contributed by atoms with Crippen LogP contribution in [0.15, 0.2) is 73.0 Å². The molecular weight excluding hydrogens is 460 g/mol. The number of hydrazine groups is 1. The Bertz CT molecular complexity index is 1430. The number of benzene rings is 1. The molecule has 0 atom stereocenters. The predicted molar refractivity (Wildman–Crippen MR) is 151 cm³/mol. The number of aromatic nitrogens is 4. The summed E-state index contributed by atoms with van der Waals surface area (Å²) >= 11 is 0. The lowest BCUT2D eigenvalue weighted by atomic mass is 10.1. The molecule has 1 aliphatic rings. The zero-order valence-corrected chi connectivity index (χ0v) is 21.5. The Morgan fingerprint density at radius 1 is 1.00 bits per heavy atom. The largest absolute Gasteiger partial charge is 0.383 e. The Labute approximate surface area is 217 Å². The van der Waals surface area contributed by atoms with Crippen LogP contribution in [0, 0.1) is 0 Å². The molecule has 3 aromatic heterocycles. The van der Waals surface area contributed by atoms with Crippen LogP contribution >= 0.6 is 0 Å². The van der Waals surface area contributed by atoms with Crippen molar-refractivity contribution in [2.24, 2.45) is 5.84 Å². The molecule has 0 aliphatic carbocycles. The van der Waals surface area contributed by atoms with Crippen LogP contribution in [0.2, 0.25) is 0 Å². The van der Waals surface area contributed by atoms with Crippen LogP contribution in [0.1, 0.15) is 31.5 Å². The van der Waals surface area contributed by atoms with Crippen molar-refractivity contribution in [3.8, 4) is 17.1 Å². The SMILES string of the molecule is C/C=C(\C=C/CC)c1ccc2nc(-c3cccnc3N)n(-c3ccc(CN4CCN(N)CC4)cc3)c2n1. The molecule has 8 nitrogen and oxygen atoms in total. The Kier molecular flexibility index (Phi) is 7.41. The van der Waals surface area contributed by atoms with Crippen LogP contribution in [0.4, 0.5) is 5.82 Å². The summed E-state index contributed by atoms with van der Waals surface area (Å²) in [6.45, 7) is 8.80. The number of rotatable bonds is 7. The highest BCUT2D eigenvalue weighted by atomic mass is 15.4. The third-order valence-corrected chi connectivity index (χ3v) is 6.73. The fraction of sp³-hybridized carbons (Fsp3) is 0.276. The van der Waals surface area contributed by atoms with E-state index in [4.69, 9.17) is 21.5 Å². The van der Waals surface area contributed by atoms with Crippen molar-refractivity contribution < 1.29 is 0 Å². The Morgan fingerprint density at radius 3 is 2.49 bits per heavy atom. The van der Waals surface area contributed by atoms with E-state index in [0.29, 0.717) is 5.82 Å². The van der Waals surface area contributed by atoms with Crippen LogP contribution in [0.25, 0.3) is 33.8 Å². The van der Waals surface area contributed by atoms with Gasteiger partial charge in [0.2, 0.25) is 0 Å². The number of piperazine rings is 1. The molecule has 4 aromatic rings. The molecule has 4 heterocycles. The average Bonchev–Trinajstić information content (AvgIpc) is 3.30. The van der Waals surface area contributed by atoms with E-state index in [9.17, 15) is 0 Å². The standard InChI is InChI=1S/C29H34N8/c1-3-5-7-22(4-2)25-13-14-26-29(33-25)37(28(34-26)24-8-6-15-32-27(24)30)23-11-9-21(10-12-23)20-35-16-18-36(31)19-17-35/h4-15H,3,16-20,31H2,1-2H3,(H2,30,32)/b7-5-,22-4+. The van der Waals surface area contributed by atoms with Gasteiger partial charge in [-0.05, 0) is 60.9 Å². The highest BCUT2D eigenvalue weighted by molar-refractivity contribution is 5.85. The second kappa shape index (κ2) is 11.0. The number of hydrogen-bond acceptors (Lipinski definition) is 7. The number of allylic oxidation sites excluding steroid dienone is 4. The zero-order valence-electron chi connectivity index (χ0n) is 21.5. The van der Waals surface area contributed by atoms with E-state index in [-0.39, 0.29) is 0 Å². The number of fused-ring (bicyclic) bond motifs is 1. The lowest BCUT2D eigenvalue weighted by molar-refractivity contribution is 0.128. The van der Waals surface area contributed by atoms with Gasteiger partial charge >= 0.3 is 0 Å². The van der Waals surface area contributed by atoms with Gasteiger partial charge in [0, 0.05) is 44.6 Å². The minimum Gasteiger partial charge on any atom is -0.383 e. The number of nitrogen functional groups attached to an aromatic ring is 1. The molecule has 0 saturated carbocycles. The van der Waals surface area contributed by atoms with Crippen LogP contribution in [0.3, 0.4) is 0 Å². The highest BCUT2D eigenvalue weighted by Gasteiger charge is 2.19. The summed E-state index contributed by atoms with van der Waals surface area (Å²) < 4.78 is 2.08. The van der Waals surface area contributed by atoms with E-state index in [1.165, 1.54) is 5.56 Å². The molecule has 0 spiro atoms. The molecule has 1 saturated heterocycles. The van der Waals surface area contributed by atoms with Crippen LogP contribution in [-0.4, -0.2) is 55.6 Å². The van der Waals surface area contributed by atoms with Crippen LogP contribution in [0.5, 0.6) is 0 Å². The van der Waals surface area contributed by atoms with Crippen molar-refractivity contribution in [2.45, 2.75) is 26.8 Å². The van der Waals surface area contributed by atoms with Crippen LogP contribution in [-0.2, 0) is 6.54 Å². The summed E-state index contributed by atoms with van der Waals surface area (Å²) in [6, 6.07) is 16.5. The maximum Gasteiger partial charge on any atom is 0.165 e. The molecule has 0 unspecified atom stereocenters. The normalized spacial score (nSPS) is 15.7. The second-order valence-corrected chi connectivity index (χ2v) is 9.28. The molecule has 1 fully saturated rings. The van der Waals surface area contributed by atoms with Crippen molar-refractivity contribution >= 4 is 22.6 Å². The number of hydrogen-bond donors (Lipinski definition) is 2. The fourth-order valence-electron chi connectivity index (χ4n) is 4.65. The zero-order chi connectivity index (χ0) is 25.8. The Hall–Kier alpha value is -3.85. The minimum atomic E-state index is 0.440. The molecule has 0 radical (unpaired) electrons. The van der Waals surface area contributed by atoms with E-state index in [0.717, 1.165) is 78.7 Å². The van der Waals surface area contributed by atoms with Gasteiger partial charge in [0.25, 0.3) is 0 Å². The molecule has 8 heteroatoms. The smallest absolute Gasteiger partial charge is 0.165 e. The molecule has 1 aliphatic heterocycles. The van der Waals surface area contributed by atoms with Gasteiger partial charge in [0.15, 0.2) is 11.5 Å². The van der Waals surface area contributed by atoms with Crippen LogP contribution < -0.4 is 11.6 Å². The lowest BCUT2D eigenvalue weighted by Crippen LogP contribution is -2.48. The number of nitrogens with zero attached hydrogens (tertiary/aromatic N) is 6. The van der Waals surface area contributed by atoms with Crippen molar-refractivity contribution in [2.75, 3.05) is 31.9 Å². The first kappa shape index (κ1) is 24.8. The third kappa shape index (κ3) is 5.32. The first-order valence-corrected chi connectivity index (χ1v) is 12.8. The minimum absolute atomic E-state index is 0.440. The lowest BCUT2D eigenvalue weighted by Gasteiger charge is -2.31. The Balaban J connectivity index is 1.58. The van der Waals surface area contributed by atoms with E-state index >= 15 is 0 Å². The summed E-state index contributed by atoms with van der Waals surface area (Å²) in [4.78, 5) is 16.8. The monoisotopic (exact) mass is 494 g/mol. The van der Waals surface area contributed by atoms with Gasteiger partial charge in [-0.15, -0.1) is 0 Å². The first-order chi connectivity index (χ1) is 18.1. The van der Waals surface area contributed by atoms with Crippen molar-refractivity contribution in [1.29, 1.82) is 0 Å². The molecule has 4 N–H and O–H groups in total. The third-order valence-electron chi connectivity index (χ3n) is 6.73. The van der Waals surface area contributed by atoms with Gasteiger partial charge < -0.3 is 5.73 Å². The molecule has 1 aromatic carbocycles. The van der Waals surface area contributed by atoms with Gasteiger partial charge in [-0.25, -0.2) is 20.0 Å². The van der Waals surface area contributed by atoms with E-state index in [1.54, 1.807) is 6.20 Å². The van der Waals surface area contributed by atoms with Crippen molar-refractivity contribution in [1.82, 2.24) is 29.4 Å². The summed E-state index contributed by atoms with van der Waals surface area (Å²) in [7, 11) is 0.